The Labute approximate surface area is 183 Å². The molecule has 2 atom stereocenters. The molecule has 0 fully saturated rings. The Bertz CT molecular complexity index is 1020. The average molecular weight is 576 g/mol. The van der Waals surface area contributed by atoms with Crippen molar-refractivity contribution in [3.05, 3.63) is 74.4 Å². The van der Waals surface area contributed by atoms with Crippen molar-refractivity contribution in [1.29, 1.82) is 0 Å². The van der Waals surface area contributed by atoms with E-state index in [0.717, 1.165) is 5.56 Å². The number of rotatable bonds is 6. The molecule has 0 aliphatic heterocycles. The number of hydrogen-bond acceptors (Lipinski definition) is 6. The first-order chi connectivity index (χ1) is 13.3. The third-order valence-electron chi connectivity index (χ3n) is 3.89. The van der Waals surface area contributed by atoms with Gasteiger partial charge in [0.1, 0.15) is 0 Å². The summed E-state index contributed by atoms with van der Waals surface area (Å²) in [6.45, 7) is 0. The fourth-order valence-electron chi connectivity index (χ4n) is 2.41. The molecule has 0 saturated carbocycles. The number of nitro groups is 1. The quantitative estimate of drug-likeness (QED) is 0.145. The summed E-state index contributed by atoms with van der Waals surface area (Å²) in [5.41, 5.74) is 1.70. The van der Waals surface area contributed by atoms with E-state index in [2.05, 4.69) is 57.6 Å². The molecule has 3 rings (SSSR count). The van der Waals surface area contributed by atoms with Gasteiger partial charge in [-0.25, -0.2) is 0 Å². The Kier molecular flexibility index (Phi) is 6.26. The summed E-state index contributed by atoms with van der Waals surface area (Å²) in [6.07, 6.45) is 0. The number of nitro benzene ring substituents is 1. The molecule has 1 aromatic heterocycles. The summed E-state index contributed by atoms with van der Waals surface area (Å²) in [5, 5.41) is 25.7. The van der Waals surface area contributed by atoms with Gasteiger partial charge in [0.15, 0.2) is 11.7 Å². The molecule has 2 unspecified atom stereocenters. The summed E-state index contributed by atoms with van der Waals surface area (Å²) in [4.78, 5) is 22.1. The minimum Gasteiger partial charge on any atom is -0.538 e. The molecule has 8 nitrogen and oxygen atoms in total. The van der Waals surface area contributed by atoms with Crippen LogP contribution in [0.1, 0.15) is 20.7 Å². The van der Waals surface area contributed by atoms with Gasteiger partial charge in [-0.05, 0) is 22.4 Å². The summed E-state index contributed by atoms with van der Waals surface area (Å²) in [7, 11) is 0. The number of carbonyl (C=O) groups is 1. The van der Waals surface area contributed by atoms with Crippen LogP contribution in [0.3, 0.4) is 0 Å². The van der Waals surface area contributed by atoms with Gasteiger partial charge in [-0.2, -0.15) is 0 Å². The van der Waals surface area contributed by atoms with Gasteiger partial charge in [0.2, 0.25) is 5.69 Å². The van der Waals surface area contributed by atoms with Crippen LogP contribution in [0.15, 0.2) is 57.7 Å². The lowest BCUT2D eigenvalue weighted by atomic mass is 10.0. The molecule has 11 heteroatoms. The van der Waals surface area contributed by atoms with E-state index in [9.17, 15) is 20.0 Å². The van der Waals surface area contributed by atoms with Crippen LogP contribution in [0.25, 0.3) is 5.69 Å². The number of Topliss-reactive ketones (excluding diaryl/α,β-unsaturated/α-hetero) is 1. The lowest BCUT2D eigenvalue weighted by Crippen LogP contribution is -2.33. The standard InChI is InChI=1S/C17H10Br3N3O5/c18-13(9-1-7-12(8-2-9)23(26)27)14(19)15(24)10-3-5-11(6-4-10)22-16(20)17(25)28-21-22/h1-8,13-14H. The predicted octanol–water partition coefficient (Wildman–Crippen LogP) is 3.78. The van der Waals surface area contributed by atoms with Crippen molar-refractivity contribution in [1.82, 2.24) is 5.27 Å². The first kappa shape index (κ1) is 20.6. The van der Waals surface area contributed by atoms with Crippen LogP contribution in [-0.4, -0.2) is 20.8 Å². The fourth-order valence-corrected chi connectivity index (χ4v) is 3.86. The lowest BCUT2D eigenvalue weighted by molar-refractivity contribution is -0.680. The first-order valence-electron chi connectivity index (χ1n) is 7.71. The SMILES string of the molecule is O=C(c1ccc(-[n+]2noc([O-])c2Br)cc1)C(Br)C(Br)c1ccc([N+](=O)[O-])cc1. The minimum atomic E-state index is -0.606. The number of nitrogens with zero attached hydrogens (tertiary/aromatic N) is 3. The summed E-state index contributed by atoms with van der Waals surface area (Å²) in [5.74, 6) is -0.786. The van der Waals surface area contributed by atoms with Crippen molar-refractivity contribution in [2.75, 3.05) is 0 Å². The molecule has 0 radical (unpaired) electrons. The van der Waals surface area contributed by atoms with E-state index in [4.69, 9.17) is 0 Å². The summed E-state index contributed by atoms with van der Waals surface area (Å²) in [6, 6.07) is 12.5. The summed E-state index contributed by atoms with van der Waals surface area (Å²) < 4.78 is 5.97. The highest BCUT2D eigenvalue weighted by Gasteiger charge is 2.27. The molecular formula is C17H10Br3N3O5. The highest BCUT2D eigenvalue weighted by atomic mass is 79.9. The summed E-state index contributed by atoms with van der Waals surface area (Å²) >= 11 is 9.95. The molecule has 2 aromatic carbocycles. The third-order valence-corrected chi connectivity index (χ3v) is 7.26. The number of aromatic nitrogens is 2. The topological polar surface area (TPSA) is 113 Å². The van der Waals surface area contributed by atoms with E-state index in [1.807, 2.05) is 0 Å². The zero-order valence-corrected chi connectivity index (χ0v) is 18.5. The van der Waals surface area contributed by atoms with Crippen molar-refractivity contribution in [3.63, 3.8) is 0 Å². The first-order valence-corrected chi connectivity index (χ1v) is 10.3. The molecule has 28 heavy (non-hydrogen) atoms. The van der Waals surface area contributed by atoms with Gasteiger partial charge in [0.05, 0.1) is 19.8 Å². The lowest BCUT2D eigenvalue weighted by Gasteiger charge is -2.16. The zero-order valence-electron chi connectivity index (χ0n) is 13.8. The molecule has 3 aromatic rings. The van der Waals surface area contributed by atoms with Crippen LogP contribution in [0.4, 0.5) is 5.69 Å². The highest BCUT2D eigenvalue weighted by Crippen LogP contribution is 2.34. The number of benzene rings is 2. The van der Waals surface area contributed by atoms with Crippen LogP contribution in [-0.2, 0) is 0 Å². The Hall–Kier alpha value is -2.11. The number of non-ortho nitro benzene ring substituents is 1. The predicted molar refractivity (Wildman–Crippen MR) is 107 cm³/mol. The zero-order chi connectivity index (χ0) is 20.4. The van der Waals surface area contributed by atoms with E-state index in [0.29, 0.717) is 11.3 Å². The second-order valence-corrected chi connectivity index (χ2v) is 8.35. The van der Waals surface area contributed by atoms with Crippen molar-refractivity contribution >= 4 is 59.3 Å². The maximum Gasteiger partial charge on any atom is 0.305 e. The van der Waals surface area contributed by atoms with Crippen molar-refractivity contribution in [2.45, 2.75) is 9.65 Å². The van der Waals surface area contributed by atoms with E-state index < -0.39 is 15.7 Å². The van der Waals surface area contributed by atoms with E-state index in [1.54, 1.807) is 36.4 Å². The molecule has 0 aliphatic rings. The van der Waals surface area contributed by atoms with Crippen molar-refractivity contribution < 1.29 is 24.0 Å². The molecule has 0 spiro atoms. The number of halogens is 3. The third kappa shape index (κ3) is 4.15. The van der Waals surface area contributed by atoms with Gasteiger partial charge in [0.25, 0.3) is 5.69 Å². The Balaban J connectivity index is 1.77. The Morgan fingerprint density at radius 3 is 2.21 bits per heavy atom. The largest absolute Gasteiger partial charge is 0.538 e. The number of carbonyl (C=O) groups excluding carboxylic acids is 1. The van der Waals surface area contributed by atoms with Gasteiger partial charge in [0, 0.05) is 45.8 Å². The molecule has 1 heterocycles. The highest BCUT2D eigenvalue weighted by molar-refractivity contribution is 9.12. The molecule has 0 bridgehead atoms. The van der Waals surface area contributed by atoms with E-state index in [-0.39, 0.29) is 20.9 Å². The van der Waals surface area contributed by atoms with Crippen LogP contribution in [0.5, 0.6) is 5.95 Å². The van der Waals surface area contributed by atoms with Gasteiger partial charge >= 0.3 is 4.60 Å². The maximum atomic E-state index is 12.8. The van der Waals surface area contributed by atoms with Gasteiger partial charge in [-0.15, -0.1) is 0 Å². The second kappa shape index (κ2) is 8.50. The van der Waals surface area contributed by atoms with E-state index in [1.165, 1.54) is 16.8 Å². The van der Waals surface area contributed by atoms with Crippen LogP contribution < -0.4 is 9.79 Å². The monoisotopic (exact) mass is 573 g/mol. The second-order valence-electron chi connectivity index (χ2n) is 5.63. The fraction of sp³-hybridized carbons (Fsp3) is 0.118. The molecule has 0 aliphatic carbocycles. The van der Waals surface area contributed by atoms with Gasteiger partial charge in [-0.1, -0.05) is 44.0 Å². The van der Waals surface area contributed by atoms with E-state index >= 15 is 0 Å². The van der Waals surface area contributed by atoms with Gasteiger partial charge < -0.3 is 9.63 Å². The number of hydrogen-bond donors (Lipinski definition) is 0. The Morgan fingerprint density at radius 2 is 1.71 bits per heavy atom. The number of ketones is 1. The number of alkyl halides is 2. The molecule has 0 amide bonds. The van der Waals surface area contributed by atoms with Crippen LogP contribution in [0, 0.1) is 10.1 Å². The maximum absolute atomic E-state index is 12.8. The Morgan fingerprint density at radius 1 is 1.11 bits per heavy atom. The molecule has 144 valence electrons. The minimum absolute atomic E-state index is 0.0192. The van der Waals surface area contributed by atoms with Crippen LogP contribution in [0.2, 0.25) is 0 Å². The molecule has 0 saturated heterocycles. The average Bonchev–Trinajstić information content (AvgIpc) is 3.05. The van der Waals surface area contributed by atoms with Gasteiger partial charge in [-0.3, -0.25) is 14.9 Å². The smallest absolute Gasteiger partial charge is 0.305 e. The molecule has 0 N–H and O–H groups in total. The molecular weight excluding hydrogens is 566 g/mol. The van der Waals surface area contributed by atoms with Crippen LogP contribution >= 0.6 is 47.8 Å². The van der Waals surface area contributed by atoms with Crippen molar-refractivity contribution in [2.24, 2.45) is 0 Å². The van der Waals surface area contributed by atoms with Crippen molar-refractivity contribution in [3.8, 4) is 11.6 Å². The normalized spacial score (nSPS) is 13.1.